The number of halogens is 3. The average molecular weight is 451 g/mol. The summed E-state index contributed by atoms with van der Waals surface area (Å²) in [7, 11) is 0. The molecule has 0 bridgehead atoms. The Hall–Kier alpha value is -3.60. The Morgan fingerprint density at radius 2 is 1.78 bits per heavy atom. The van der Waals surface area contributed by atoms with Crippen LogP contribution in [0.15, 0.2) is 48.5 Å². The zero-order valence-corrected chi connectivity index (χ0v) is 16.9. The van der Waals surface area contributed by atoms with Gasteiger partial charge in [-0.25, -0.2) is 0 Å². The van der Waals surface area contributed by atoms with E-state index in [0.29, 0.717) is 11.4 Å². The zero-order valence-electron chi connectivity index (χ0n) is 16.9. The number of rotatable bonds is 5. The smallest absolute Gasteiger partial charge is 0.416 e. The number of amides is 2. The second-order valence-corrected chi connectivity index (χ2v) is 6.97. The molecule has 3 N–H and O–H groups in total. The number of morpholine rings is 1. The maximum atomic E-state index is 13.0. The Morgan fingerprint density at radius 3 is 2.34 bits per heavy atom. The lowest BCUT2D eigenvalue weighted by Crippen LogP contribution is -2.56. The fourth-order valence-corrected chi connectivity index (χ4v) is 3.12. The zero-order chi connectivity index (χ0) is 23.5. The van der Waals surface area contributed by atoms with Gasteiger partial charge in [0.05, 0.1) is 12.2 Å². The minimum Gasteiger partial charge on any atom is -0.449 e. The van der Waals surface area contributed by atoms with Gasteiger partial charge in [-0.05, 0) is 48.5 Å². The van der Waals surface area contributed by atoms with Crippen molar-refractivity contribution in [2.24, 2.45) is 0 Å². The van der Waals surface area contributed by atoms with Crippen LogP contribution in [0.5, 0.6) is 0 Å². The first kappa shape index (κ1) is 23.1. The van der Waals surface area contributed by atoms with Crippen LogP contribution in [0.25, 0.3) is 0 Å². The average Bonchev–Trinajstić information content (AvgIpc) is 2.73. The van der Waals surface area contributed by atoms with Crippen molar-refractivity contribution in [3.8, 4) is 0 Å². The first-order valence-electron chi connectivity index (χ1n) is 9.50. The van der Waals surface area contributed by atoms with E-state index in [2.05, 4.69) is 5.32 Å². The quantitative estimate of drug-likeness (QED) is 0.534. The third kappa shape index (κ3) is 5.35. The van der Waals surface area contributed by atoms with E-state index in [1.54, 1.807) is 12.1 Å². The number of hydrogen-bond acceptors (Lipinski definition) is 6. The van der Waals surface area contributed by atoms with Gasteiger partial charge in [-0.15, -0.1) is 0 Å². The van der Waals surface area contributed by atoms with Crippen molar-refractivity contribution in [2.45, 2.75) is 25.3 Å². The molecule has 2 aromatic carbocycles. The molecule has 1 heterocycles. The van der Waals surface area contributed by atoms with Gasteiger partial charge in [-0.3, -0.25) is 14.4 Å². The molecule has 11 heteroatoms. The van der Waals surface area contributed by atoms with Gasteiger partial charge >= 0.3 is 12.1 Å². The molecule has 0 unspecified atom stereocenters. The Bertz CT molecular complexity index is 993. The number of nitrogens with one attached hydrogen (secondary N) is 1. The fourth-order valence-electron chi connectivity index (χ4n) is 3.12. The molecule has 0 aliphatic carbocycles. The molecule has 0 spiro atoms. The van der Waals surface area contributed by atoms with Crippen LogP contribution >= 0.6 is 0 Å². The molecular formula is C21H20F3N3O5. The van der Waals surface area contributed by atoms with Gasteiger partial charge in [0.25, 0.3) is 11.8 Å². The molecular weight excluding hydrogens is 431 g/mol. The maximum absolute atomic E-state index is 13.0. The number of carbonyl (C=O) groups is 3. The van der Waals surface area contributed by atoms with Crippen molar-refractivity contribution in [3.63, 3.8) is 0 Å². The van der Waals surface area contributed by atoms with Gasteiger partial charge in [-0.1, -0.05) is 0 Å². The summed E-state index contributed by atoms with van der Waals surface area (Å²) in [4.78, 5) is 38.6. The van der Waals surface area contributed by atoms with E-state index in [1.807, 2.05) is 0 Å². The van der Waals surface area contributed by atoms with E-state index in [-0.39, 0.29) is 18.8 Å². The van der Waals surface area contributed by atoms with Crippen LogP contribution in [0.2, 0.25) is 0 Å². The topological polar surface area (TPSA) is 111 Å². The standard InChI is InChI=1S/C21H20F3N3O5/c1-12(28)32-17(19(29)26-15-6-4-14(25)5-7-15)18-20(30)27(10-11-31-18)16-8-2-13(3-9-16)21(22,23)24/h2-9,17-18H,10-11,25H2,1H3,(H,26,29)/t17-,18-/m1/s1. The lowest BCUT2D eigenvalue weighted by Gasteiger charge is -2.35. The monoisotopic (exact) mass is 451 g/mol. The van der Waals surface area contributed by atoms with Gasteiger partial charge in [0, 0.05) is 30.5 Å². The number of anilines is 3. The molecule has 2 atom stereocenters. The number of alkyl halides is 3. The van der Waals surface area contributed by atoms with Gasteiger partial charge in [-0.2, -0.15) is 13.2 Å². The SMILES string of the molecule is CC(=O)O[C@@H](C(=O)Nc1ccc(N)cc1)[C@H]1OCCN(c2ccc(C(F)(F)F)cc2)C1=O. The van der Waals surface area contributed by atoms with Crippen LogP contribution in [0.1, 0.15) is 12.5 Å². The Kier molecular flexibility index (Phi) is 6.68. The number of benzene rings is 2. The predicted molar refractivity (Wildman–Crippen MR) is 109 cm³/mol. The normalized spacial score (nSPS) is 17.6. The number of ether oxygens (including phenoxy) is 2. The summed E-state index contributed by atoms with van der Waals surface area (Å²) in [6, 6.07) is 10.1. The molecule has 2 amide bonds. The molecule has 32 heavy (non-hydrogen) atoms. The van der Waals surface area contributed by atoms with Crippen LogP contribution < -0.4 is 16.0 Å². The Balaban J connectivity index is 1.81. The van der Waals surface area contributed by atoms with Crippen molar-refractivity contribution >= 4 is 34.8 Å². The molecule has 1 fully saturated rings. The highest BCUT2D eigenvalue weighted by Gasteiger charge is 2.42. The Morgan fingerprint density at radius 1 is 1.16 bits per heavy atom. The number of esters is 1. The summed E-state index contributed by atoms with van der Waals surface area (Å²) in [5.74, 6) is -2.35. The maximum Gasteiger partial charge on any atom is 0.416 e. The van der Waals surface area contributed by atoms with Crippen LogP contribution in [0, 0.1) is 0 Å². The fraction of sp³-hybridized carbons (Fsp3) is 0.286. The molecule has 0 radical (unpaired) electrons. The van der Waals surface area contributed by atoms with Gasteiger partial charge in [0.1, 0.15) is 0 Å². The minimum absolute atomic E-state index is 0.0235. The van der Waals surface area contributed by atoms with Crippen molar-refractivity contribution in [2.75, 3.05) is 29.1 Å². The largest absolute Gasteiger partial charge is 0.449 e. The summed E-state index contributed by atoms with van der Waals surface area (Å²) in [5.41, 5.74) is 5.76. The van der Waals surface area contributed by atoms with Gasteiger partial charge < -0.3 is 25.4 Å². The summed E-state index contributed by atoms with van der Waals surface area (Å²) in [6.45, 7) is 1.10. The van der Waals surface area contributed by atoms with E-state index >= 15 is 0 Å². The lowest BCUT2D eigenvalue weighted by molar-refractivity contribution is -0.167. The Labute approximate surface area is 181 Å². The molecule has 1 aliphatic heterocycles. The van der Waals surface area contributed by atoms with E-state index in [1.165, 1.54) is 17.0 Å². The van der Waals surface area contributed by atoms with Crippen molar-refractivity contribution in [3.05, 3.63) is 54.1 Å². The molecule has 1 saturated heterocycles. The number of carbonyl (C=O) groups excluding carboxylic acids is 3. The van der Waals surface area contributed by atoms with E-state index in [4.69, 9.17) is 15.2 Å². The third-order valence-electron chi connectivity index (χ3n) is 4.63. The predicted octanol–water partition coefficient (Wildman–Crippen LogP) is 2.59. The second-order valence-electron chi connectivity index (χ2n) is 6.97. The first-order chi connectivity index (χ1) is 15.1. The summed E-state index contributed by atoms with van der Waals surface area (Å²) in [5, 5.41) is 2.52. The highest BCUT2D eigenvalue weighted by Crippen LogP contribution is 2.31. The highest BCUT2D eigenvalue weighted by molar-refractivity contribution is 6.04. The summed E-state index contributed by atoms with van der Waals surface area (Å²) >= 11 is 0. The molecule has 0 aromatic heterocycles. The molecule has 8 nitrogen and oxygen atoms in total. The van der Waals surface area contributed by atoms with Crippen LogP contribution in [-0.4, -0.2) is 43.1 Å². The number of nitrogen functional groups attached to an aromatic ring is 1. The number of nitrogens with zero attached hydrogens (tertiary/aromatic N) is 1. The van der Waals surface area contributed by atoms with Gasteiger partial charge in [0.2, 0.25) is 6.10 Å². The van der Waals surface area contributed by atoms with Crippen molar-refractivity contribution < 1.29 is 37.0 Å². The second kappa shape index (κ2) is 9.27. The molecule has 170 valence electrons. The number of nitrogens with two attached hydrogens (primary N) is 1. The van der Waals surface area contributed by atoms with Crippen LogP contribution in [-0.2, 0) is 30.0 Å². The third-order valence-corrected chi connectivity index (χ3v) is 4.63. The van der Waals surface area contributed by atoms with Crippen molar-refractivity contribution in [1.29, 1.82) is 0 Å². The van der Waals surface area contributed by atoms with Crippen molar-refractivity contribution in [1.82, 2.24) is 0 Å². The first-order valence-corrected chi connectivity index (χ1v) is 9.50. The molecule has 2 aromatic rings. The number of hydrogen-bond donors (Lipinski definition) is 2. The minimum atomic E-state index is -4.52. The summed E-state index contributed by atoms with van der Waals surface area (Å²) < 4.78 is 49.0. The lowest BCUT2D eigenvalue weighted by atomic mass is 10.1. The molecule has 1 aliphatic rings. The molecule has 3 rings (SSSR count). The van der Waals surface area contributed by atoms with Gasteiger partial charge in [0.15, 0.2) is 6.10 Å². The van der Waals surface area contributed by atoms with E-state index in [9.17, 15) is 27.6 Å². The van der Waals surface area contributed by atoms with E-state index in [0.717, 1.165) is 31.2 Å². The summed E-state index contributed by atoms with van der Waals surface area (Å²) in [6.07, 6.45) is -7.62. The highest BCUT2D eigenvalue weighted by atomic mass is 19.4. The van der Waals surface area contributed by atoms with E-state index < -0.39 is 41.7 Å². The van der Waals surface area contributed by atoms with Crippen LogP contribution in [0.3, 0.4) is 0 Å². The molecule has 0 saturated carbocycles. The van der Waals surface area contributed by atoms with Crippen LogP contribution in [0.4, 0.5) is 30.2 Å².